The summed E-state index contributed by atoms with van der Waals surface area (Å²) in [6.45, 7) is 4.31. The molecule has 0 aromatic heterocycles. The van der Waals surface area contributed by atoms with E-state index in [9.17, 15) is 22.9 Å². The molecule has 0 saturated carbocycles. The van der Waals surface area contributed by atoms with Crippen LogP contribution in [0.4, 0.5) is 0 Å². The molecule has 0 aromatic carbocycles. The minimum atomic E-state index is -4.35. The Morgan fingerprint density at radius 2 is 1.26 bits per heavy atom. The van der Waals surface area contributed by atoms with Crippen molar-refractivity contribution in [3.63, 3.8) is 0 Å². The Kier molecular flexibility index (Phi) is 25.0. The Hall–Kier alpha value is -1.96. The van der Waals surface area contributed by atoms with Gasteiger partial charge < -0.3 is 10.4 Å². The van der Waals surface area contributed by atoms with Gasteiger partial charge in [0, 0.05) is 6.42 Å². The average Bonchev–Trinajstić information content (AvgIpc) is 2.88. The fourth-order valence-electron chi connectivity index (χ4n) is 3.95. The maximum absolute atomic E-state index is 12.4. The number of carbonyl (C=O) groups is 1. The molecule has 0 aromatic rings. The first-order valence-electron chi connectivity index (χ1n) is 15.0. The van der Waals surface area contributed by atoms with Crippen molar-refractivity contribution in [1.29, 1.82) is 0 Å². The van der Waals surface area contributed by atoms with Crippen LogP contribution in [0.1, 0.15) is 117 Å². The van der Waals surface area contributed by atoms with Gasteiger partial charge >= 0.3 is 0 Å². The van der Waals surface area contributed by atoms with Gasteiger partial charge in [-0.1, -0.05) is 107 Å². The lowest BCUT2D eigenvalue weighted by molar-refractivity contribution is -0.122. The molecule has 0 aliphatic rings. The zero-order chi connectivity index (χ0) is 29.0. The number of rotatable bonds is 25. The minimum absolute atomic E-state index is 0.265. The number of aliphatic hydroxyl groups is 1. The third-order valence-electron chi connectivity index (χ3n) is 6.18. The Morgan fingerprint density at radius 3 is 1.92 bits per heavy atom. The van der Waals surface area contributed by atoms with E-state index in [1.54, 1.807) is 6.08 Å². The van der Waals surface area contributed by atoms with Gasteiger partial charge in [0.05, 0.1) is 17.9 Å². The van der Waals surface area contributed by atoms with E-state index in [1.807, 2.05) is 0 Å². The average molecular weight is 566 g/mol. The Labute approximate surface area is 239 Å². The van der Waals surface area contributed by atoms with Gasteiger partial charge in [0.15, 0.2) is 0 Å². The molecule has 0 bridgehead atoms. The quantitative estimate of drug-likeness (QED) is 0.0596. The molecule has 0 aliphatic heterocycles. The summed E-state index contributed by atoms with van der Waals surface area (Å²) < 4.78 is 32.1. The van der Waals surface area contributed by atoms with Crippen molar-refractivity contribution in [3.05, 3.63) is 60.8 Å². The lowest BCUT2D eigenvalue weighted by atomic mass is 10.1. The first-order valence-corrected chi connectivity index (χ1v) is 16.6. The highest BCUT2D eigenvalue weighted by Gasteiger charge is 2.24. The number of carbonyl (C=O) groups excluding carboxylic acids is 1. The maximum atomic E-state index is 12.4. The summed E-state index contributed by atoms with van der Waals surface area (Å²) in [5.41, 5.74) is 0. The van der Waals surface area contributed by atoms with Crippen molar-refractivity contribution in [2.24, 2.45) is 0 Å². The summed E-state index contributed by atoms with van der Waals surface area (Å²) in [6, 6.07) is -1.08. The molecule has 2 atom stereocenters. The summed E-state index contributed by atoms with van der Waals surface area (Å²) in [5.74, 6) is -1.03. The smallest absolute Gasteiger partial charge is 0.267 e. The van der Waals surface area contributed by atoms with Gasteiger partial charge in [-0.3, -0.25) is 9.35 Å². The predicted octanol–water partition coefficient (Wildman–Crippen LogP) is 7.78. The minimum Gasteiger partial charge on any atom is -0.387 e. The molecule has 0 spiro atoms. The summed E-state index contributed by atoms with van der Waals surface area (Å²) in [6.07, 6.45) is 35.0. The third-order valence-corrected chi connectivity index (χ3v) is 6.96. The predicted molar refractivity (Wildman–Crippen MR) is 165 cm³/mol. The molecule has 0 fully saturated rings. The molecule has 39 heavy (non-hydrogen) atoms. The molecule has 3 N–H and O–H groups in total. The van der Waals surface area contributed by atoms with Crippen LogP contribution in [0.15, 0.2) is 60.8 Å². The maximum Gasteiger partial charge on any atom is 0.267 e. The lowest BCUT2D eigenvalue weighted by Gasteiger charge is -2.21. The van der Waals surface area contributed by atoms with E-state index in [-0.39, 0.29) is 12.3 Å². The van der Waals surface area contributed by atoms with Crippen LogP contribution in [-0.2, 0) is 14.9 Å². The highest BCUT2D eigenvalue weighted by atomic mass is 32.2. The summed E-state index contributed by atoms with van der Waals surface area (Å²) in [4.78, 5) is 12.4. The summed E-state index contributed by atoms with van der Waals surface area (Å²) in [5, 5.41) is 13.0. The van der Waals surface area contributed by atoms with Crippen LogP contribution in [0.3, 0.4) is 0 Å². The van der Waals surface area contributed by atoms with Crippen LogP contribution >= 0.6 is 0 Å². The summed E-state index contributed by atoms with van der Waals surface area (Å²) >= 11 is 0. The van der Waals surface area contributed by atoms with Gasteiger partial charge in [0.1, 0.15) is 0 Å². The molecule has 224 valence electrons. The monoisotopic (exact) mass is 565 g/mol. The van der Waals surface area contributed by atoms with E-state index in [4.69, 9.17) is 0 Å². The molecule has 0 radical (unpaired) electrons. The molecular weight excluding hydrogens is 510 g/mol. The fourth-order valence-corrected chi connectivity index (χ4v) is 4.68. The lowest BCUT2D eigenvalue weighted by Crippen LogP contribution is -2.46. The second-order valence-electron chi connectivity index (χ2n) is 9.99. The van der Waals surface area contributed by atoms with Gasteiger partial charge in [0.25, 0.3) is 10.1 Å². The number of hydrogen-bond acceptors (Lipinski definition) is 4. The van der Waals surface area contributed by atoms with Crippen molar-refractivity contribution >= 4 is 16.0 Å². The van der Waals surface area contributed by atoms with Gasteiger partial charge in [-0.2, -0.15) is 8.42 Å². The first kappa shape index (κ1) is 37.0. The van der Waals surface area contributed by atoms with E-state index in [0.29, 0.717) is 12.8 Å². The van der Waals surface area contributed by atoms with E-state index in [0.717, 1.165) is 64.2 Å². The van der Waals surface area contributed by atoms with Crippen molar-refractivity contribution in [3.8, 4) is 0 Å². The van der Waals surface area contributed by atoms with Gasteiger partial charge in [-0.15, -0.1) is 0 Å². The van der Waals surface area contributed by atoms with Crippen LogP contribution in [-0.4, -0.2) is 41.9 Å². The Bertz CT molecular complexity index is 843. The van der Waals surface area contributed by atoms with E-state index in [2.05, 4.69) is 67.8 Å². The highest BCUT2D eigenvalue weighted by Crippen LogP contribution is 2.09. The highest BCUT2D eigenvalue weighted by molar-refractivity contribution is 7.85. The summed E-state index contributed by atoms with van der Waals surface area (Å²) in [7, 11) is -4.35. The van der Waals surface area contributed by atoms with Crippen molar-refractivity contribution in [1.82, 2.24) is 5.32 Å². The molecule has 2 unspecified atom stereocenters. The zero-order valence-electron chi connectivity index (χ0n) is 24.5. The Balaban J connectivity index is 4.16. The molecule has 0 rings (SSSR count). The Morgan fingerprint density at radius 1 is 0.718 bits per heavy atom. The standard InChI is InChI=1S/C32H55NO5S/c1-3-5-7-9-11-13-14-15-16-17-18-20-22-24-26-28-32(35)33-30(29-39(36,37)38)31(34)27-25-23-21-19-12-10-8-6-4-2/h5,7,11-13,15-16,19,25,27,30-31,34H,3-4,6,8-10,14,17-18,20-24,26,28-29H2,1-2H3,(H,33,35)(H,36,37,38)/b7-5-,13-11-,16-15-,19-12+,27-25+. The van der Waals surface area contributed by atoms with Gasteiger partial charge in [-0.25, -0.2) is 0 Å². The van der Waals surface area contributed by atoms with Crippen molar-refractivity contribution in [2.45, 2.75) is 129 Å². The number of nitrogens with one attached hydrogen (secondary N) is 1. The molecule has 1 amide bonds. The molecule has 0 heterocycles. The second kappa shape index (κ2) is 26.3. The molecule has 6 nitrogen and oxygen atoms in total. The van der Waals surface area contributed by atoms with Crippen molar-refractivity contribution in [2.75, 3.05) is 5.75 Å². The topological polar surface area (TPSA) is 104 Å². The molecule has 7 heteroatoms. The second-order valence-corrected chi connectivity index (χ2v) is 11.5. The van der Waals surface area contributed by atoms with Crippen molar-refractivity contribution < 1.29 is 22.9 Å². The van der Waals surface area contributed by atoms with Crippen LogP contribution < -0.4 is 5.32 Å². The SMILES string of the molecule is CC/C=C\C/C=C\C/C=C\CCCCCCCC(=O)NC(CS(=O)(=O)O)C(O)/C=C/CC/C=C/CCCCC. The van der Waals surface area contributed by atoms with E-state index < -0.39 is 28.0 Å². The van der Waals surface area contributed by atoms with E-state index in [1.165, 1.54) is 25.3 Å². The largest absolute Gasteiger partial charge is 0.387 e. The van der Waals surface area contributed by atoms with Gasteiger partial charge in [-0.05, 0) is 64.2 Å². The van der Waals surface area contributed by atoms with Crippen LogP contribution in [0.25, 0.3) is 0 Å². The van der Waals surface area contributed by atoms with Crippen LogP contribution in [0.5, 0.6) is 0 Å². The number of unbranched alkanes of at least 4 members (excludes halogenated alkanes) is 9. The van der Waals surface area contributed by atoms with E-state index >= 15 is 0 Å². The normalized spacial score (nSPS) is 14.5. The first-order chi connectivity index (χ1) is 18.8. The number of allylic oxidation sites excluding steroid dienone is 9. The number of aliphatic hydroxyl groups excluding tert-OH is 1. The number of amides is 1. The van der Waals surface area contributed by atoms with Crippen LogP contribution in [0.2, 0.25) is 0 Å². The number of hydrogen-bond donors (Lipinski definition) is 3. The van der Waals surface area contributed by atoms with Gasteiger partial charge in [0.2, 0.25) is 5.91 Å². The third kappa shape index (κ3) is 27.4. The fraction of sp³-hybridized carbons (Fsp3) is 0.656. The molecular formula is C32H55NO5S. The molecule has 0 aliphatic carbocycles. The zero-order valence-corrected chi connectivity index (χ0v) is 25.3. The van der Waals surface area contributed by atoms with Crippen LogP contribution in [0, 0.1) is 0 Å². The molecule has 0 saturated heterocycles.